The standard InChI is InChI=1S/C18H18ClN7O2/c19-10-7-22-16-14(15(20)25-26(16)9-10)17(27)24-12-8-21-3-1-13(12)28-11-5-18(6-11)2-4-23-18/h1,3,7-9,11,23H,2,4-6H2,(H2,20,25)(H,24,27)/t11-,18+. The van der Waals surface area contributed by atoms with E-state index in [9.17, 15) is 4.79 Å². The van der Waals surface area contributed by atoms with Crippen LogP contribution in [-0.2, 0) is 0 Å². The summed E-state index contributed by atoms with van der Waals surface area (Å²) in [5.74, 6) is 0.204. The van der Waals surface area contributed by atoms with Crippen molar-refractivity contribution in [2.75, 3.05) is 17.6 Å². The molecule has 3 aromatic rings. The smallest absolute Gasteiger partial charge is 0.263 e. The molecule has 0 unspecified atom stereocenters. The fraction of sp³-hybridized carbons (Fsp3) is 0.333. The molecule has 9 nitrogen and oxygen atoms in total. The van der Waals surface area contributed by atoms with E-state index in [1.54, 1.807) is 18.5 Å². The second kappa shape index (κ2) is 6.32. The maximum atomic E-state index is 12.9. The Labute approximate surface area is 165 Å². The molecule has 0 atom stereocenters. The highest BCUT2D eigenvalue weighted by molar-refractivity contribution is 6.30. The monoisotopic (exact) mass is 399 g/mol. The number of nitrogens with zero attached hydrogens (tertiary/aromatic N) is 4. The van der Waals surface area contributed by atoms with Crippen LogP contribution in [0.5, 0.6) is 5.75 Å². The number of nitrogens with two attached hydrogens (primary N) is 1. The molecule has 2 aliphatic rings. The fourth-order valence-electron chi connectivity index (χ4n) is 3.81. The molecule has 3 aromatic heterocycles. The van der Waals surface area contributed by atoms with Crippen molar-refractivity contribution in [2.45, 2.75) is 30.9 Å². The highest BCUT2D eigenvalue weighted by Crippen LogP contribution is 2.42. The molecule has 1 saturated carbocycles. The zero-order valence-corrected chi connectivity index (χ0v) is 15.6. The molecule has 2 fully saturated rings. The molecule has 0 aromatic carbocycles. The number of hydrogen-bond acceptors (Lipinski definition) is 7. The number of carbonyl (C=O) groups is 1. The molecular formula is C18H18ClN7O2. The van der Waals surface area contributed by atoms with Crippen LogP contribution in [0.1, 0.15) is 29.6 Å². The molecule has 1 aliphatic carbocycles. The maximum Gasteiger partial charge on any atom is 0.263 e. The second-order valence-corrected chi connectivity index (χ2v) is 7.67. The summed E-state index contributed by atoms with van der Waals surface area (Å²) in [6.07, 6.45) is 9.41. The summed E-state index contributed by atoms with van der Waals surface area (Å²) < 4.78 is 7.47. The van der Waals surface area contributed by atoms with E-state index in [-0.39, 0.29) is 23.0 Å². The van der Waals surface area contributed by atoms with Gasteiger partial charge in [0, 0.05) is 36.8 Å². The van der Waals surface area contributed by atoms with Crippen molar-refractivity contribution in [1.29, 1.82) is 0 Å². The molecule has 1 spiro atoms. The van der Waals surface area contributed by atoms with Crippen molar-refractivity contribution in [3.63, 3.8) is 0 Å². The minimum atomic E-state index is -0.439. The number of aromatic nitrogens is 4. The van der Waals surface area contributed by atoms with Gasteiger partial charge in [-0.25, -0.2) is 9.50 Å². The van der Waals surface area contributed by atoms with Crippen molar-refractivity contribution in [3.8, 4) is 5.75 Å². The third-order valence-electron chi connectivity index (χ3n) is 5.36. The second-order valence-electron chi connectivity index (χ2n) is 7.23. The first-order valence-corrected chi connectivity index (χ1v) is 9.37. The van der Waals surface area contributed by atoms with Crippen LogP contribution >= 0.6 is 11.6 Å². The molecule has 0 bridgehead atoms. The van der Waals surface area contributed by atoms with Crippen LogP contribution in [0.4, 0.5) is 11.5 Å². The van der Waals surface area contributed by atoms with Gasteiger partial charge in [-0.3, -0.25) is 9.78 Å². The number of hydrogen-bond donors (Lipinski definition) is 3. The summed E-state index contributed by atoms with van der Waals surface area (Å²) >= 11 is 5.92. The van der Waals surface area contributed by atoms with E-state index in [1.165, 1.54) is 23.3 Å². The Bertz CT molecular complexity index is 1070. The van der Waals surface area contributed by atoms with E-state index in [4.69, 9.17) is 22.1 Å². The number of nitrogen functional groups attached to an aromatic ring is 1. The molecule has 1 amide bonds. The zero-order chi connectivity index (χ0) is 19.3. The Morgan fingerprint density at radius 3 is 3.00 bits per heavy atom. The molecule has 5 rings (SSSR count). The average Bonchev–Trinajstić information content (AvgIpc) is 2.92. The highest BCUT2D eigenvalue weighted by atomic mass is 35.5. The molecule has 4 N–H and O–H groups in total. The van der Waals surface area contributed by atoms with Gasteiger partial charge >= 0.3 is 0 Å². The number of rotatable bonds is 4. The number of pyridine rings is 1. The predicted molar refractivity (Wildman–Crippen MR) is 104 cm³/mol. The van der Waals surface area contributed by atoms with Gasteiger partial charge in [0.1, 0.15) is 23.1 Å². The Balaban J connectivity index is 1.36. The van der Waals surface area contributed by atoms with Crippen molar-refractivity contribution in [1.82, 2.24) is 24.9 Å². The summed E-state index contributed by atoms with van der Waals surface area (Å²) in [5.41, 5.74) is 7.16. The van der Waals surface area contributed by atoms with E-state index >= 15 is 0 Å². The van der Waals surface area contributed by atoms with Gasteiger partial charge in [0.2, 0.25) is 0 Å². The fourth-order valence-corrected chi connectivity index (χ4v) is 3.95. The Kier molecular flexibility index (Phi) is 3.88. The lowest BCUT2D eigenvalue weighted by atomic mass is 9.68. The maximum absolute atomic E-state index is 12.9. The Hall–Kier alpha value is -2.91. The lowest BCUT2D eigenvalue weighted by Crippen LogP contribution is -2.67. The normalized spacial score (nSPS) is 23.2. The molecule has 10 heteroatoms. The lowest BCUT2D eigenvalue weighted by Gasteiger charge is -2.54. The van der Waals surface area contributed by atoms with E-state index in [2.05, 4.69) is 25.7 Å². The van der Waals surface area contributed by atoms with Crippen LogP contribution in [0.15, 0.2) is 30.9 Å². The van der Waals surface area contributed by atoms with Gasteiger partial charge in [0.25, 0.3) is 5.91 Å². The topological polar surface area (TPSA) is 119 Å². The van der Waals surface area contributed by atoms with E-state index in [0.29, 0.717) is 22.1 Å². The van der Waals surface area contributed by atoms with Crippen molar-refractivity contribution in [2.24, 2.45) is 0 Å². The minimum absolute atomic E-state index is 0.0654. The van der Waals surface area contributed by atoms with Crippen LogP contribution < -0.4 is 21.1 Å². The number of carbonyl (C=O) groups excluding carboxylic acids is 1. The van der Waals surface area contributed by atoms with Crippen LogP contribution in [0.25, 0.3) is 5.65 Å². The lowest BCUT2D eigenvalue weighted by molar-refractivity contribution is -0.0183. The van der Waals surface area contributed by atoms with E-state index in [0.717, 1.165) is 19.4 Å². The number of amides is 1. The third kappa shape index (κ3) is 2.83. The van der Waals surface area contributed by atoms with Gasteiger partial charge in [0.05, 0.1) is 17.4 Å². The first-order chi connectivity index (χ1) is 13.5. The highest BCUT2D eigenvalue weighted by Gasteiger charge is 2.49. The van der Waals surface area contributed by atoms with Gasteiger partial charge in [-0.2, -0.15) is 0 Å². The van der Waals surface area contributed by atoms with E-state index < -0.39 is 5.91 Å². The number of anilines is 2. The van der Waals surface area contributed by atoms with Crippen molar-refractivity contribution in [3.05, 3.63) is 41.4 Å². The quantitative estimate of drug-likeness (QED) is 0.612. The first kappa shape index (κ1) is 17.2. The predicted octanol–water partition coefficient (Wildman–Crippen LogP) is 1.89. The van der Waals surface area contributed by atoms with Crippen molar-refractivity contribution >= 4 is 34.7 Å². The minimum Gasteiger partial charge on any atom is -0.488 e. The largest absolute Gasteiger partial charge is 0.488 e. The van der Waals surface area contributed by atoms with Gasteiger partial charge in [-0.1, -0.05) is 11.6 Å². The SMILES string of the molecule is Nc1nn2cc(Cl)cnc2c1C(=O)Nc1cnccc1O[C@H]1C[C@]2(CCN2)C1. The zero-order valence-electron chi connectivity index (χ0n) is 14.9. The number of fused-ring (bicyclic) bond motifs is 1. The third-order valence-corrected chi connectivity index (χ3v) is 5.55. The van der Waals surface area contributed by atoms with E-state index in [1.807, 2.05) is 0 Å². The van der Waals surface area contributed by atoms with Crippen LogP contribution in [0, 0.1) is 0 Å². The molecule has 1 saturated heterocycles. The Morgan fingerprint density at radius 2 is 2.25 bits per heavy atom. The van der Waals surface area contributed by atoms with Crippen LogP contribution in [0.2, 0.25) is 5.02 Å². The molecular weight excluding hydrogens is 382 g/mol. The van der Waals surface area contributed by atoms with Crippen molar-refractivity contribution < 1.29 is 9.53 Å². The van der Waals surface area contributed by atoms with Gasteiger partial charge in [0.15, 0.2) is 11.5 Å². The Morgan fingerprint density at radius 1 is 1.43 bits per heavy atom. The summed E-state index contributed by atoms with van der Waals surface area (Å²) in [7, 11) is 0. The van der Waals surface area contributed by atoms with Gasteiger partial charge in [-0.05, 0) is 13.0 Å². The van der Waals surface area contributed by atoms with Gasteiger partial charge < -0.3 is 21.1 Å². The average molecular weight is 400 g/mol. The molecule has 0 radical (unpaired) electrons. The first-order valence-electron chi connectivity index (χ1n) is 8.99. The summed E-state index contributed by atoms with van der Waals surface area (Å²) in [6, 6.07) is 1.74. The molecule has 28 heavy (non-hydrogen) atoms. The summed E-state index contributed by atoms with van der Waals surface area (Å²) in [5, 5.41) is 10.8. The number of nitrogens with one attached hydrogen (secondary N) is 2. The molecule has 1 aliphatic heterocycles. The van der Waals surface area contributed by atoms with Crippen LogP contribution in [-0.4, -0.2) is 43.7 Å². The van der Waals surface area contributed by atoms with Crippen LogP contribution in [0.3, 0.4) is 0 Å². The molecule has 144 valence electrons. The number of ether oxygens (including phenoxy) is 1. The van der Waals surface area contributed by atoms with Gasteiger partial charge in [-0.15, -0.1) is 5.10 Å². The summed E-state index contributed by atoms with van der Waals surface area (Å²) in [6.45, 7) is 1.07. The summed E-state index contributed by atoms with van der Waals surface area (Å²) in [4.78, 5) is 21.1. The molecule has 4 heterocycles. The number of halogens is 1.